The molecule has 0 bridgehead atoms. The largest absolute Gasteiger partial charge is 0.496 e. The van der Waals surface area contributed by atoms with E-state index in [9.17, 15) is 24.3 Å². The topological polar surface area (TPSA) is 153 Å². The van der Waals surface area contributed by atoms with E-state index >= 15 is 0 Å². The molecule has 4 amide bonds. The van der Waals surface area contributed by atoms with Gasteiger partial charge >= 0.3 is 0 Å². The zero-order valence-electron chi connectivity index (χ0n) is 24.4. The number of fused-ring (bicyclic) bond motifs is 2. The van der Waals surface area contributed by atoms with Gasteiger partial charge in [0.15, 0.2) is 0 Å². The lowest BCUT2D eigenvalue weighted by Gasteiger charge is -2.31. The number of nitrogens with one attached hydrogen (secondary N) is 4. The van der Waals surface area contributed by atoms with Gasteiger partial charge in [0.2, 0.25) is 17.7 Å². The molecule has 226 valence electrons. The Balaban J connectivity index is 1.25. The van der Waals surface area contributed by atoms with Gasteiger partial charge in [0.05, 0.1) is 13.0 Å². The van der Waals surface area contributed by atoms with Crippen molar-refractivity contribution in [2.75, 3.05) is 13.7 Å². The monoisotopic (exact) mass is 579 g/mol. The molecular weight excluding hydrogens is 538 g/mol. The minimum atomic E-state index is -1.60. The summed E-state index contributed by atoms with van der Waals surface area (Å²) in [6.45, 7) is 4.34. The first-order valence-electron chi connectivity index (χ1n) is 15.1. The molecule has 4 aliphatic rings. The van der Waals surface area contributed by atoms with E-state index in [-0.39, 0.29) is 36.1 Å². The van der Waals surface area contributed by atoms with Gasteiger partial charge in [-0.2, -0.15) is 0 Å². The molecule has 2 aliphatic heterocycles. The Hall–Kier alpha value is -3.60. The number of amides is 4. The molecule has 1 aromatic heterocycles. The maximum Gasteiger partial charge on any atom is 0.271 e. The van der Waals surface area contributed by atoms with Crippen LogP contribution in [0.4, 0.5) is 0 Å². The molecule has 2 saturated carbocycles. The Kier molecular flexibility index (Phi) is 7.41. The van der Waals surface area contributed by atoms with Crippen LogP contribution in [-0.2, 0) is 14.4 Å². The molecule has 4 fully saturated rings. The number of likely N-dealkylation sites (tertiary alicyclic amines) is 1. The third-order valence-electron chi connectivity index (χ3n) is 9.55. The fourth-order valence-electron chi connectivity index (χ4n) is 7.30. The number of H-pyrrole nitrogens is 1. The summed E-state index contributed by atoms with van der Waals surface area (Å²) in [5.74, 6) is -2.19. The molecule has 0 radical (unpaired) electrons. The fourth-order valence-corrected chi connectivity index (χ4v) is 7.30. The van der Waals surface area contributed by atoms with E-state index in [1.807, 2.05) is 32.0 Å². The van der Waals surface area contributed by atoms with Crippen LogP contribution in [0.2, 0.25) is 0 Å². The normalized spacial score (nSPS) is 27.8. The van der Waals surface area contributed by atoms with Crippen molar-refractivity contribution in [3.05, 3.63) is 30.0 Å². The second kappa shape index (κ2) is 10.9. The molecule has 5 N–H and O–H groups in total. The number of aliphatic hydroxyl groups excluding tert-OH is 1. The number of aromatic amines is 1. The number of ether oxygens (including phenoxy) is 1. The van der Waals surface area contributed by atoms with Crippen molar-refractivity contribution < 1.29 is 29.0 Å². The molecule has 3 heterocycles. The average Bonchev–Trinajstić information content (AvgIpc) is 3.26. The van der Waals surface area contributed by atoms with Gasteiger partial charge in [-0.15, -0.1) is 0 Å². The zero-order chi connectivity index (χ0) is 29.8. The Bertz CT molecular complexity index is 1400. The minimum Gasteiger partial charge on any atom is -0.496 e. The van der Waals surface area contributed by atoms with Crippen LogP contribution in [0.15, 0.2) is 24.3 Å². The van der Waals surface area contributed by atoms with Crippen molar-refractivity contribution in [2.45, 2.75) is 82.6 Å². The van der Waals surface area contributed by atoms with Crippen molar-refractivity contribution >= 4 is 34.5 Å². The summed E-state index contributed by atoms with van der Waals surface area (Å²) < 4.78 is 5.46. The summed E-state index contributed by atoms with van der Waals surface area (Å²) >= 11 is 0. The zero-order valence-corrected chi connectivity index (χ0v) is 24.4. The van der Waals surface area contributed by atoms with Crippen LogP contribution in [0.3, 0.4) is 0 Å². The molecule has 1 unspecified atom stereocenters. The number of rotatable bonds is 9. The molecule has 6 atom stereocenters. The molecule has 6 rings (SSSR count). The Morgan fingerprint density at radius 1 is 1.14 bits per heavy atom. The van der Waals surface area contributed by atoms with E-state index < -0.39 is 41.5 Å². The van der Waals surface area contributed by atoms with E-state index in [1.54, 1.807) is 18.1 Å². The second-order valence-corrected chi connectivity index (χ2v) is 13.2. The van der Waals surface area contributed by atoms with Gasteiger partial charge in [-0.1, -0.05) is 12.5 Å². The molecular formula is C31H41N5O6. The molecule has 42 heavy (non-hydrogen) atoms. The number of methoxy groups -OCH3 is 1. The fraction of sp³-hybridized carbons (Fsp3) is 0.613. The van der Waals surface area contributed by atoms with Gasteiger partial charge in [0.25, 0.3) is 5.91 Å². The number of nitrogens with zero attached hydrogens (tertiary/aromatic N) is 1. The number of hydrogen-bond acceptors (Lipinski definition) is 6. The highest BCUT2D eigenvalue weighted by molar-refractivity contribution is 6.00. The lowest BCUT2D eigenvalue weighted by molar-refractivity contribution is -0.142. The second-order valence-electron chi connectivity index (χ2n) is 13.2. The van der Waals surface area contributed by atoms with E-state index in [2.05, 4.69) is 20.9 Å². The van der Waals surface area contributed by atoms with Gasteiger partial charge in [-0.3, -0.25) is 19.2 Å². The van der Waals surface area contributed by atoms with Crippen molar-refractivity contribution in [2.24, 2.45) is 23.7 Å². The summed E-state index contributed by atoms with van der Waals surface area (Å²) in [6.07, 6.45) is 2.89. The lowest BCUT2D eigenvalue weighted by Crippen LogP contribution is -2.54. The predicted molar refractivity (Wildman–Crippen MR) is 154 cm³/mol. The Labute approximate surface area is 245 Å². The summed E-state index contributed by atoms with van der Waals surface area (Å²) in [5, 5.41) is 20.8. The first-order chi connectivity index (χ1) is 20.0. The number of benzene rings is 1. The maximum absolute atomic E-state index is 14.0. The number of carbonyl (C=O) groups is 4. The minimum absolute atomic E-state index is 0.0155. The molecule has 0 spiro atoms. The van der Waals surface area contributed by atoms with Crippen LogP contribution < -0.4 is 20.7 Å². The summed E-state index contributed by atoms with van der Waals surface area (Å²) in [4.78, 5) is 58.5. The Morgan fingerprint density at radius 3 is 2.62 bits per heavy atom. The highest BCUT2D eigenvalue weighted by atomic mass is 16.5. The standard InChI is InChI=1S/C31H41N5O6/c1-31(2)14-17(27(38)35-31)12-21(25(37)29(40)32-18-10-11-18)28(39)34-26-19-7-4-6-16(19)15-36(26)30(41)23-13-20-22(33-23)8-5-9-24(20)42-3/h5,8-9,13,16-19,21,25-26,33,37H,4,6-7,10-12,14-15H2,1-3H3,(H,32,40)(H,34,39)(H,35,38)/t16-,17+,19-,21-,25?,26-/m0/s1. The molecule has 2 aliphatic carbocycles. The summed E-state index contributed by atoms with van der Waals surface area (Å²) in [5.41, 5.74) is 0.747. The first-order valence-corrected chi connectivity index (χ1v) is 15.1. The quantitative estimate of drug-likeness (QED) is 0.307. The number of aliphatic hydroxyl groups is 1. The third kappa shape index (κ3) is 5.46. The van der Waals surface area contributed by atoms with Crippen LogP contribution in [0.5, 0.6) is 5.75 Å². The molecule has 11 heteroatoms. The number of carbonyl (C=O) groups excluding carboxylic acids is 4. The van der Waals surface area contributed by atoms with Gasteiger partial charge in [0, 0.05) is 40.9 Å². The molecule has 2 saturated heterocycles. The van der Waals surface area contributed by atoms with Gasteiger partial charge in [-0.25, -0.2) is 0 Å². The van der Waals surface area contributed by atoms with E-state index in [0.717, 1.165) is 43.0 Å². The van der Waals surface area contributed by atoms with Crippen LogP contribution in [-0.4, -0.2) is 76.1 Å². The SMILES string of the molecule is COc1cccc2[nH]c(C(=O)N3C[C@@H]4CCC[C@@H]4[C@H]3NC(=O)[C@@H](C[C@@H]3CC(C)(C)NC3=O)C(O)C(=O)NC3CC3)cc12. The van der Waals surface area contributed by atoms with Crippen LogP contribution >= 0.6 is 0 Å². The van der Waals surface area contributed by atoms with E-state index in [1.165, 1.54) is 0 Å². The molecule has 11 nitrogen and oxygen atoms in total. The maximum atomic E-state index is 14.0. The van der Waals surface area contributed by atoms with Crippen molar-refractivity contribution in [1.82, 2.24) is 25.8 Å². The lowest BCUT2D eigenvalue weighted by atomic mass is 9.85. The van der Waals surface area contributed by atoms with Crippen molar-refractivity contribution in [1.29, 1.82) is 0 Å². The summed E-state index contributed by atoms with van der Waals surface area (Å²) in [7, 11) is 1.59. The van der Waals surface area contributed by atoms with Gasteiger partial charge < -0.3 is 35.7 Å². The highest BCUT2D eigenvalue weighted by Crippen LogP contribution is 2.42. The molecule has 1 aromatic carbocycles. The third-order valence-corrected chi connectivity index (χ3v) is 9.55. The van der Waals surface area contributed by atoms with Crippen LogP contribution in [0, 0.1) is 23.7 Å². The van der Waals surface area contributed by atoms with Crippen LogP contribution in [0.25, 0.3) is 10.9 Å². The van der Waals surface area contributed by atoms with Crippen LogP contribution in [0.1, 0.15) is 69.3 Å². The number of hydrogen-bond donors (Lipinski definition) is 5. The van der Waals surface area contributed by atoms with E-state index in [0.29, 0.717) is 24.4 Å². The van der Waals surface area contributed by atoms with E-state index in [4.69, 9.17) is 4.74 Å². The number of aromatic nitrogens is 1. The average molecular weight is 580 g/mol. The van der Waals surface area contributed by atoms with Gasteiger partial charge in [-0.05, 0) is 76.5 Å². The van der Waals surface area contributed by atoms with Gasteiger partial charge in [0.1, 0.15) is 23.7 Å². The van der Waals surface area contributed by atoms with Crippen molar-refractivity contribution in [3.63, 3.8) is 0 Å². The van der Waals surface area contributed by atoms with Crippen molar-refractivity contribution in [3.8, 4) is 5.75 Å². The summed E-state index contributed by atoms with van der Waals surface area (Å²) in [6, 6.07) is 7.36. The first kappa shape index (κ1) is 28.5. The predicted octanol–water partition coefficient (Wildman–Crippen LogP) is 2.05. The Morgan fingerprint density at radius 2 is 1.93 bits per heavy atom. The molecule has 2 aromatic rings. The smallest absolute Gasteiger partial charge is 0.271 e. The highest BCUT2D eigenvalue weighted by Gasteiger charge is 2.49.